The molecule has 0 N–H and O–H groups in total. The third-order valence-electron chi connectivity index (χ3n) is 4.36. The maximum Gasteiger partial charge on any atom is 0.157 e. The predicted molar refractivity (Wildman–Crippen MR) is 87.2 cm³/mol. The highest BCUT2D eigenvalue weighted by atomic mass is 16.7. The van der Waals surface area contributed by atoms with E-state index in [1.807, 2.05) is 0 Å². The summed E-state index contributed by atoms with van der Waals surface area (Å²) in [5, 5.41) is 0. The van der Waals surface area contributed by atoms with Crippen LogP contribution in [0.1, 0.15) is 71.1 Å². The van der Waals surface area contributed by atoms with Crippen LogP contribution in [0.5, 0.6) is 0 Å². The molecule has 0 aliphatic carbocycles. The zero-order chi connectivity index (χ0) is 16.3. The van der Waals surface area contributed by atoms with Crippen molar-refractivity contribution in [3.05, 3.63) is 0 Å². The zero-order valence-corrected chi connectivity index (χ0v) is 14.5. The Labute approximate surface area is 140 Å². The molecule has 2 fully saturated rings. The van der Waals surface area contributed by atoms with Crippen LogP contribution in [0.4, 0.5) is 0 Å². The minimum absolute atomic E-state index is 0.0105. The largest absolute Gasteiger partial charge is 0.353 e. The van der Waals surface area contributed by atoms with Crippen molar-refractivity contribution in [3.63, 3.8) is 0 Å². The lowest BCUT2D eigenvalue weighted by molar-refractivity contribution is -0.191. The molecule has 2 saturated heterocycles. The smallest absolute Gasteiger partial charge is 0.157 e. The van der Waals surface area contributed by atoms with Gasteiger partial charge in [0.15, 0.2) is 12.6 Å². The van der Waals surface area contributed by atoms with E-state index in [1.54, 1.807) is 6.92 Å². The Balaban J connectivity index is 1.58. The predicted octanol–water partition coefficient (Wildman–Crippen LogP) is 3.59. The van der Waals surface area contributed by atoms with E-state index >= 15 is 0 Å². The average molecular weight is 328 g/mol. The second-order valence-electron chi connectivity index (χ2n) is 6.62. The van der Waals surface area contributed by atoms with E-state index in [0.29, 0.717) is 6.42 Å². The molecule has 23 heavy (non-hydrogen) atoms. The summed E-state index contributed by atoms with van der Waals surface area (Å²) in [6.45, 7) is 3.94. The van der Waals surface area contributed by atoms with Crippen molar-refractivity contribution in [3.8, 4) is 0 Å². The van der Waals surface area contributed by atoms with Crippen LogP contribution in [-0.4, -0.2) is 44.3 Å². The Morgan fingerprint density at radius 3 is 2.35 bits per heavy atom. The van der Waals surface area contributed by atoms with E-state index in [4.69, 9.17) is 18.9 Å². The third-order valence-corrected chi connectivity index (χ3v) is 4.36. The molecule has 2 heterocycles. The van der Waals surface area contributed by atoms with Gasteiger partial charge in [-0.15, -0.1) is 0 Å². The van der Waals surface area contributed by atoms with Crippen LogP contribution < -0.4 is 0 Å². The van der Waals surface area contributed by atoms with Crippen molar-refractivity contribution in [2.24, 2.45) is 0 Å². The lowest BCUT2D eigenvalue weighted by atomic mass is 10.1. The van der Waals surface area contributed by atoms with Gasteiger partial charge in [0.2, 0.25) is 0 Å². The van der Waals surface area contributed by atoms with E-state index < -0.39 is 0 Å². The van der Waals surface area contributed by atoms with Crippen LogP contribution in [0.2, 0.25) is 0 Å². The number of Topliss-reactive ketones (excluding diaryl/α,β-unsaturated/α-hetero) is 1. The maximum atomic E-state index is 11.4. The number of carbonyl (C=O) groups is 1. The Morgan fingerprint density at radius 2 is 1.74 bits per heavy atom. The van der Waals surface area contributed by atoms with Crippen molar-refractivity contribution >= 4 is 5.78 Å². The summed E-state index contributed by atoms with van der Waals surface area (Å²) in [7, 11) is 0. The molecular weight excluding hydrogens is 296 g/mol. The highest BCUT2D eigenvalue weighted by Crippen LogP contribution is 2.20. The summed E-state index contributed by atoms with van der Waals surface area (Å²) in [6, 6.07) is 0. The number of ketones is 1. The second kappa shape index (κ2) is 11.1. The molecule has 0 bridgehead atoms. The third kappa shape index (κ3) is 8.25. The van der Waals surface area contributed by atoms with E-state index in [1.165, 1.54) is 6.42 Å². The molecule has 2 aliphatic rings. The molecule has 0 amide bonds. The molecule has 0 aromatic heterocycles. The Hall–Kier alpha value is -0.490. The highest BCUT2D eigenvalue weighted by Gasteiger charge is 2.21. The fourth-order valence-corrected chi connectivity index (χ4v) is 3.10. The maximum absolute atomic E-state index is 11.4. The van der Waals surface area contributed by atoms with Crippen LogP contribution in [0.3, 0.4) is 0 Å². The molecule has 5 heteroatoms. The molecule has 0 spiro atoms. The summed E-state index contributed by atoms with van der Waals surface area (Å²) in [4.78, 5) is 11.4. The second-order valence-corrected chi connectivity index (χ2v) is 6.62. The van der Waals surface area contributed by atoms with Crippen molar-refractivity contribution in [2.45, 2.75) is 89.8 Å². The Bertz CT molecular complexity index is 321. The van der Waals surface area contributed by atoms with Gasteiger partial charge in [0.25, 0.3) is 0 Å². The topological polar surface area (TPSA) is 54.0 Å². The normalized spacial score (nSPS) is 26.8. The number of rotatable bonds is 10. The van der Waals surface area contributed by atoms with E-state index in [2.05, 4.69) is 0 Å². The van der Waals surface area contributed by atoms with Gasteiger partial charge in [-0.1, -0.05) is 0 Å². The number of hydrogen-bond acceptors (Lipinski definition) is 5. The molecule has 3 atom stereocenters. The molecule has 2 aliphatic heterocycles. The van der Waals surface area contributed by atoms with Crippen LogP contribution in [-0.2, 0) is 23.7 Å². The minimum atomic E-state index is -0.125. The molecule has 3 unspecified atom stereocenters. The first kappa shape index (κ1) is 18.8. The van der Waals surface area contributed by atoms with Gasteiger partial charge in [0.1, 0.15) is 5.78 Å². The van der Waals surface area contributed by atoms with Gasteiger partial charge in [-0.05, 0) is 64.7 Å². The van der Waals surface area contributed by atoms with Crippen molar-refractivity contribution in [1.82, 2.24) is 0 Å². The molecule has 0 aromatic rings. The minimum Gasteiger partial charge on any atom is -0.353 e. The quantitative estimate of drug-likeness (QED) is 0.574. The van der Waals surface area contributed by atoms with Crippen molar-refractivity contribution < 1.29 is 23.7 Å². The van der Waals surface area contributed by atoms with Gasteiger partial charge in [-0.25, -0.2) is 0 Å². The van der Waals surface area contributed by atoms with Gasteiger partial charge < -0.3 is 18.9 Å². The van der Waals surface area contributed by atoms with Gasteiger partial charge >= 0.3 is 0 Å². The lowest BCUT2D eigenvalue weighted by Gasteiger charge is -2.27. The number of unbranched alkanes of at least 4 members (excludes halogenated alkanes) is 1. The van der Waals surface area contributed by atoms with Gasteiger partial charge in [0, 0.05) is 26.2 Å². The fraction of sp³-hybridized carbons (Fsp3) is 0.944. The van der Waals surface area contributed by atoms with Crippen LogP contribution in [0.25, 0.3) is 0 Å². The number of ether oxygens (including phenoxy) is 4. The van der Waals surface area contributed by atoms with E-state index in [9.17, 15) is 4.79 Å². The van der Waals surface area contributed by atoms with Crippen LogP contribution >= 0.6 is 0 Å². The molecule has 134 valence electrons. The van der Waals surface area contributed by atoms with Crippen LogP contribution in [0.15, 0.2) is 0 Å². The van der Waals surface area contributed by atoms with Gasteiger partial charge in [0.05, 0.1) is 6.10 Å². The monoisotopic (exact) mass is 328 g/mol. The van der Waals surface area contributed by atoms with Crippen molar-refractivity contribution in [2.75, 3.05) is 19.8 Å². The first-order chi connectivity index (χ1) is 11.2. The Morgan fingerprint density at radius 1 is 1.04 bits per heavy atom. The first-order valence-electron chi connectivity index (χ1n) is 9.24. The molecule has 2 rings (SSSR count). The molecule has 5 nitrogen and oxygen atoms in total. The van der Waals surface area contributed by atoms with E-state index in [-0.39, 0.29) is 24.5 Å². The first-order valence-corrected chi connectivity index (χ1v) is 9.24. The highest BCUT2D eigenvalue weighted by molar-refractivity contribution is 5.75. The summed E-state index contributed by atoms with van der Waals surface area (Å²) in [5.74, 6) is 0.178. The average Bonchev–Trinajstić information content (AvgIpc) is 2.56. The van der Waals surface area contributed by atoms with Gasteiger partial charge in [-0.2, -0.15) is 0 Å². The molecule has 0 aromatic carbocycles. The lowest BCUT2D eigenvalue weighted by Crippen LogP contribution is -2.29. The van der Waals surface area contributed by atoms with Crippen LogP contribution in [0, 0.1) is 0 Å². The molecule has 0 saturated carbocycles. The standard InChI is InChI=1S/C18H32O5/c1-15(19)14-16(23-18-10-4-7-13-22-18)8-2-5-11-20-17-9-3-6-12-21-17/h16-18H,2-14H2,1H3. The fourth-order valence-electron chi connectivity index (χ4n) is 3.10. The summed E-state index contributed by atoms with van der Waals surface area (Å²) in [5.41, 5.74) is 0. The molecular formula is C18H32O5. The summed E-state index contributed by atoms with van der Waals surface area (Å²) >= 11 is 0. The SMILES string of the molecule is CC(=O)CC(CCCCOC1CCCCO1)OC1CCCCO1. The number of hydrogen-bond donors (Lipinski definition) is 0. The summed E-state index contributed by atoms with van der Waals surface area (Å²) < 4.78 is 22.9. The van der Waals surface area contributed by atoms with Crippen molar-refractivity contribution in [1.29, 1.82) is 0 Å². The van der Waals surface area contributed by atoms with Gasteiger partial charge in [-0.3, -0.25) is 4.79 Å². The Kier molecular flexibility index (Phi) is 9.12. The zero-order valence-electron chi connectivity index (χ0n) is 14.5. The molecule has 0 radical (unpaired) electrons. The van der Waals surface area contributed by atoms with E-state index in [0.717, 1.165) is 71.2 Å². The number of carbonyl (C=O) groups excluding carboxylic acids is 1. The summed E-state index contributed by atoms with van der Waals surface area (Å²) in [6.07, 6.45) is 9.72.